The lowest BCUT2D eigenvalue weighted by atomic mass is 10.0. The van der Waals surface area contributed by atoms with Crippen LogP contribution in [0.3, 0.4) is 0 Å². The average molecular weight is 307 g/mol. The summed E-state index contributed by atoms with van der Waals surface area (Å²) in [7, 11) is -2.64. The molecule has 0 spiro atoms. The molecular formula is C11H17NO5S2. The summed E-state index contributed by atoms with van der Waals surface area (Å²) >= 11 is 1.01. The van der Waals surface area contributed by atoms with Crippen LogP contribution in [0, 0.1) is 0 Å². The molecular weight excluding hydrogens is 290 g/mol. The number of aliphatic hydroxyl groups excluding tert-OH is 1. The van der Waals surface area contributed by atoms with Crippen molar-refractivity contribution in [3.63, 3.8) is 0 Å². The van der Waals surface area contributed by atoms with Crippen molar-refractivity contribution in [3.05, 3.63) is 16.3 Å². The van der Waals surface area contributed by atoms with E-state index in [-0.39, 0.29) is 22.8 Å². The van der Waals surface area contributed by atoms with Gasteiger partial charge in [0.15, 0.2) is 0 Å². The molecule has 2 N–H and O–H groups in total. The summed E-state index contributed by atoms with van der Waals surface area (Å²) < 4.78 is 31.5. The number of methoxy groups -OCH3 is 1. The van der Waals surface area contributed by atoms with Gasteiger partial charge in [0.05, 0.1) is 7.11 Å². The summed E-state index contributed by atoms with van der Waals surface area (Å²) in [4.78, 5) is 11.4. The fourth-order valence-electron chi connectivity index (χ4n) is 1.50. The van der Waals surface area contributed by atoms with Crippen LogP contribution in [0.25, 0.3) is 0 Å². The number of hydrogen-bond donors (Lipinski definition) is 2. The van der Waals surface area contributed by atoms with Crippen molar-refractivity contribution in [1.82, 2.24) is 4.72 Å². The summed E-state index contributed by atoms with van der Waals surface area (Å²) in [5.41, 5.74) is -0.803. The Hall–Kier alpha value is -0.960. The second-order valence-electron chi connectivity index (χ2n) is 4.57. The zero-order valence-corrected chi connectivity index (χ0v) is 12.6. The lowest BCUT2D eigenvalue weighted by Crippen LogP contribution is -2.44. The third-order valence-corrected chi connectivity index (χ3v) is 5.20. The Morgan fingerprint density at radius 2 is 2.16 bits per heavy atom. The molecule has 0 aliphatic heterocycles. The predicted molar refractivity (Wildman–Crippen MR) is 71.8 cm³/mol. The van der Waals surface area contributed by atoms with E-state index in [9.17, 15) is 13.2 Å². The van der Waals surface area contributed by atoms with Gasteiger partial charge in [0.2, 0.25) is 10.0 Å². The molecule has 0 aliphatic carbocycles. The van der Waals surface area contributed by atoms with Crippen LogP contribution in [-0.4, -0.2) is 38.7 Å². The summed E-state index contributed by atoms with van der Waals surface area (Å²) in [6.45, 7) is 3.18. The second-order valence-corrected chi connectivity index (χ2v) is 7.14. The van der Waals surface area contributed by atoms with Gasteiger partial charge in [0.25, 0.3) is 0 Å². The quantitative estimate of drug-likeness (QED) is 0.764. The minimum atomic E-state index is -3.83. The van der Waals surface area contributed by atoms with Gasteiger partial charge in [0, 0.05) is 12.1 Å². The summed E-state index contributed by atoms with van der Waals surface area (Å²) in [6, 6.07) is 1.36. The van der Waals surface area contributed by atoms with Gasteiger partial charge in [-0.1, -0.05) is 0 Å². The number of ether oxygens (including phenoxy) is 1. The van der Waals surface area contributed by atoms with Gasteiger partial charge in [0.1, 0.15) is 9.77 Å². The van der Waals surface area contributed by atoms with Gasteiger partial charge in [-0.25, -0.2) is 17.9 Å². The highest BCUT2D eigenvalue weighted by molar-refractivity contribution is 7.89. The molecule has 1 aromatic heterocycles. The molecule has 0 amide bonds. The summed E-state index contributed by atoms with van der Waals surface area (Å²) in [5, 5.41) is 10.4. The molecule has 0 aliphatic rings. The van der Waals surface area contributed by atoms with Crippen LogP contribution in [0.15, 0.2) is 16.3 Å². The Morgan fingerprint density at radius 1 is 1.53 bits per heavy atom. The van der Waals surface area contributed by atoms with Crippen LogP contribution in [-0.2, 0) is 14.8 Å². The predicted octanol–water partition coefficient (Wildman–Crippen LogP) is 0.974. The van der Waals surface area contributed by atoms with Crippen molar-refractivity contribution in [3.8, 4) is 0 Å². The first-order valence-corrected chi connectivity index (χ1v) is 7.90. The Kier molecular flexibility index (Phi) is 5.08. The average Bonchev–Trinajstić information content (AvgIpc) is 2.75. The van der Waals surface area contributed by atoms with Crippen molar-refractivity contribution < 1.29 is 23.1 Å². The molecule has 108 valence electrons. The Balaban J connectivity index is 3.08. The highest BCUT2D eigenvalue weighted by Gasteiger charge is 2.30. The van der Waals surface area contributed by atoms with E-state index < -0.39 is 21.5 Å². The zero-order valence-electron chi connectivity index (χ0n) is 11.0. The fourth-order valence-corrected chi connectivity index (χ4v) is 4.28. The number of rotatable bonds is 6. The number of carbonyl (C=O) groups excluding carboxylic acids is 1. The highest BCUT2D eigenvalue weighted by Crippen LogP contribution is 2.24. The fraction of sp³-hybridized carbons (Fsp3) is 0.545. The number of thiophene rings is 1. The summed E-state index contributed by atoms with van der Waals surface area (Å²) in [6.07, 6.45) is 0.268. The molecule has 0 radical (unpaired) electrons. The van der Waals surface area contributed by atoms with E-state index in [1.165, 1.54) is 18.6 Å². The maximum atomic E-state index is 12.2. The standard InChI is InChI=1S/C11H17NO5S2/c1-11(2,5-6-13)12-19(15,16)8-4-7-18-9(8)10(14)17-3/h4,7,12-13H,5-6H2,1-3H3. The number of hydrogen-bond acceptors (Lipinski definition) is 6. The van der Waals surface area contributed by atoms with Crippen molar-refractivity contribution in [2.24, 2.45) is 0 Å². The third kappa shape index (κ3) is 4.00. The normalized spacial score (nSPS) is 12.4. The van der Waals surface area contributed by atoms with E-state index >= 15 is 0 Å². The molecule has 6 nitrogen and oxygen atoms in total. The second kappa shape index (κ2) is 6.00. The van der Waals surface area contributed by atoms with E-state index in [2.05, 4.69) is 9.46 Å². The minimum Gasteiger partial charge on any atom is -0.465 e. The number of aliphatic hydroxyl groups is 1. The van der Waals surface area contributed by atoms with Crippen LogP contribution in [0.4, 0.5) is 0 Å². The smallest absolute Gasteiger partial charge is 0.349 e. The molecule has 0 fully saturated rings. The van der Waals surface area contributed by atoms with E-state index in [1.54, 1.807) is 13.8 Å². The number of esters is 1. The monoisotopic (exact) mass is 307 g/mol. The molecule has 19 heavy (non-hydrogen) atoms. The number of sulfonamides is 1. The van der Waals surface area contributed by atoms with Gasteiger partial charge in [-0.15, -0.1) is 11.3 Å². The first-order chi connectivity index (χ1) is 8.73. The Labute approximate surface area is 116 Å². The van der Waals surface area contributed by atoms with Crippen LogP contribution in [0.2, 0.25) is 0 Å². The van der Waals surface area contributed by atoms with Crippen LogP contribution >= 0.6 is 11.3 Å². The van der Waals surface area contributed by atoms with Crippen LogP contribution < -0.4 is 4.72 Å². The van der Waals surface area contributed by atoms with Gasteiger partial charge >= 0.3 is 5.97 Å². The van der Waals surface area contributed by atoms with E-state index in [0.29, 0.717) is 0 Å². The first kappa shape index (κ1) is 16.1. The van der Waals surface area contributed by atoms with Crippen molar-refractivity contribution in [2.75, 3.05) is 13.7 Å². The molecule has 0 atom stereocenters. The van der Waals surface area contributed by atoms with Crippen molar-refractivity contribution in [2.45, 2.75) is 30.7 Å². The third-order valence-electron chi connectivity index (χ3n) is 2.44. The SMILES string of the molecule is COC(=O)c1sccc1S(=O)(=O)NC(C)(C)CCO. The molecule has 1 aromatic rings. The maximum absolute atomic E-state index is 12.2. The Bertz CT molecular complexity index is 547. The molecule has 0 saturated heterocycles. The topological polar surface area (TPSA) is 92.7 Å². The van der Waals surface area contributed by atoms with Crippen LogP contribution in [0.5, 0.6) is 0 Å². The van der Waals surface area contributed by atoms with Crippen molar-refractivity contribution in [1.29, 1.82) is 0 Å². The maximum Gasteiger partial charge on any atom is 0.349 e. The van der Waals surface area contributed by atoms with Gasteiger partial charge in [-0.3, -0.25) is 0 Å². The molecule has 0 saturated carbocycles. The lowest BCUT2D eigenvalue weighted by molar-refractivity contribution is 0.0602. The van der Waals surface area contributed by atoms with Gasteiger partial charge in [-0.05, 0) is 31.7 Å². The molecule has 1 rings (SSSR count). The molecule has 0 unspecified atom stereocenters. The first-order valence-electron chi connectivity index (χ1n) is 5.54. The molecule has 1 heterocycles. The molecule has 0 aromatic carbocycles. The zero-order chi connectivity index (χ0) is 14.7. The molecule has 0 bridgehead atoms. The number of nitrogens with one attached hydrogen (secondary N) is 1. The highest BCUT2D eigenvalue weighted by atomic mass is 32.2. The van der Waals surface area contributed by atoms with E-state index in [0.717, 1.165) is 11.3 Å². The van der Waals surface area contributed by atoms with E-state index in [4.69, 9.17) is 5.11 Å². The molecule has 8 heteroatoms. The van der Waals surface area contributed by atoms with Gasteiger partial charge in [-0.2, -0.15) is 0 Å². The van der Waals surface area contributed by atoms with Gasteiger partial charge < -0.3 is 9.84 Å². The van der Waals surface area contributed by atoms with Crippen molar-refractivity contribution >= 4 is 27.3 Å². The van der Waals surface area contributed by atoms with Crippen LogP contribution in [0.1, 0.15) is 29.9 Å². The minimum absolute atomic E-state index is 0.0369. The van der Waals surface area contributed by atoms with E-state index in [1.807, 2.05) is 0 Å². The Morgan fingerprint density at radius 3 is 2.68 bits per heavy atom. The number of carbonyl (C=O) groups is 1. The summed E-state index contributed by atoms with van der Waals surface area (Å²) in [5.74, 6) is -0.685. The lowest BCUT2D eigenvalue weighted by Gasteiger charge is -2.24. The largest absolute Gasteiger partial charge is 0.465 e.